The van der Waals surface area contributed by atoms with E-state index >= 15 is 0 Å². The SMILES string of the molecule is CCOC(O)[C@H]1C[C@H](S(=O)(=O)c2ccccc2Cl)CN1C(=O)OC(C)(C)C. The first-order valence-corrected chi connectivity index (χ1v) is 10.7. The number of rotatable bonds is 5. The van der Waals surface area contributed by atoms with Gasteiger partial charge in [-0.25, -0.2) is 13.2 Å². The van der Waals surface area contributed by atoms with E-state index in [4.69, 9.17) is 21.1 Å². The van der Waals surface area contributed by atoms with Crippen molar-refractivity contribution in [2.75, 3.05) is 13.2 Å². The predicted molar refractivity (Wildman–Crippen MR) is 101 cm³/mol. The van der Waals surface area contributed by atoms with Gasteiger partial charge in [-0.15, -0.1) is 0 Å². The summed E-state index contributed by atoms with van der Waals surface area (Å²) in [6.45, 7) is 6.96. The molecule has 3 atom stereocenters. The van der Waals surface area contributed by atoms with Gasteiger partial charge in [0.25, 0.3) is 0 Å². The molecule has 152 valence electrons. The van der Waals surface area contributed by atoms with Crippen LogP contribution in [0.15, 0.2) is 29.2 Å². The van der Waals surface area contributed by atoms with Crippen molar-refractivity contribution < 1.29 is 27.8 Å². The van der Waals surface area contributed by atoms with Gasteiger partial charge in [-0.1, -0.05) is 23.7 Å². The van der Waals surface area contributed by atoms with Crippen molar-refractivity contribution in [3.63, 3.8) is 0 Å². The number of aliphatic hydroxyl groups excluding tert-OH is 1. The Kier molecular flexibility index (Phi) is 6.78. The van der Waals surface area contributed by atoms with Gasteiger partial charge in [-0.2, -0.15) is 0 Å². The van der Waals surface area contributed by atoms with Gasteiger partial charge in [-0.3, -0.25) is 4.90 Å². The second-order valence-electron chi connectivity index (χ2n) is 7.38. The topological polar surface area (TPSA) is 93.1 Å². The highest BCUT2D eigenvalue weighted by Crippen LogP contribution is 2.33. The summed E-state index contributed by atoms with van der Waals surface area (Å²) in [7, 11) is -3.81. The zero-order valence-electron chi connectivity index (χ0n) is 15.9. The average Bonchev–Trinajstić information content (AvgIpc) is 3.00. The molecule has 0 aromatic heterocycles. The number of halogens is 1. The van der Waals surface area contributed by atoms with E-state index in [1.54, 1.807) is 39.8 Å². The molecule has 0 saturated carbocycles. The molecule has 0 radical (unpaired) electrons. The van der Waals surface area contributed by atoms with Gasteiger partial charge < -0.3 is 14.6 Å². The summed E-state index contributed by atoms with van der Waals surface area (Å²) in [5.41, 5.74) is -0.752. The number of ether oxygens (including phenoxy) is 2. The van der Waals surface area contributed by atoms with Crippen LogP contribution in [-0.4, -0.2) is 60.9 Å². The fraction of sp³-hybridized carbons (Fsp3) is 0.611. The van der Waals surface area contributed by atoms with Gasteiger partial charge in [0.05, 0.1) is 21.2 Å². The number of sulfone groups is 1. The smallest absolute Gasteiger partial charge is 0.410 e. The molecular formula is C18H26ClNO6S. The highest BCUT2D eigenvalue weighted by atomic mass is 35.5. The van der Waals surface area contributed by atoms with E-state index in [0.717, 1.165) is 0 Å². The fourth-order valence-corrected chi connectivity index (χ4v) is 5.22. The highest BCUT2D eigenvalue weighted by molar-refractivity contribution is 7.92. The lowest BCUT2D eigenvalue weighted by molar-refractivity contribution is -0.132. The first-order chi connectivity index (χ1) is 12.5. The van der Waals surface area contributed by atoms with Crippen LogP contribution in [0.1, 0.15) is 34.1 Å². The summed E-state index contributed by atoms with van der Waals surface area (Å²) in [6.07, 6.45) is -1.98. The Hall–Kier alpha value is -1.35. The predicted octanol–water partition coefficient (Wildman–Crippen LogP) is 2.85. The molecule has 0 bridgehead atoms. The van der Waals surface area contributed by atoms with Crippen LogP contribution in [0.3, 0.4) is 0 Å². The molecule has 1 fully saturated rings. The van der Waals surface area contributed by atoms with Gasteiger partial charge >= 0.3 is 6.09 Å². The van der Waals surface area contributed by atoms with Crippen LogP contribution in [-0.2, 0) is 19.3 Å². The Balaban J connectivity index is 2.33. The molecule has 1 N–H and O–H groups in total. The first-order valence-electron chi connectivity index (χ1n) is 8.75. The van der Waals surface area contributed by atoms with Crippen LogP contribution >= 0.6 is 11.6 Å². The number of nitrogens with zero attached hydrogens (tertiary/aromatic N) is 1. The maximum Gasteiger partial charge on any atom is 0.410 e. The summed E-state index contributed by atoms with van der Waals surface area (Å²) in [5, 5.41) is 9.48. The number of carbonyl (C=O) groups is 1. The van der Waals surface area contributed by atoms with E-state index in [-0.39, 0.29) is 29.5 Å². The number of hydrogen-bond acceptors (Lipinski definition) is 6. The summed E-state index contributed by atoms with van der Waals surface area (Å²) in [4.78, 5) is 13.8. The van der Waals surface area contributed by atoms with Gasteiger partial charge in [0.2, 0.25) is 0 Å². The van der Waals surface area contributed by atoms with Crippen molar-refractivity contribution in [2.45, 2.75) is 62.2 Å². The zero-order valence-corrected chi connectivity index (χ0v) is 17.5. The highest BCUT2D eigenvalue weighted by Gasteiger charge is 2.47. The van der Waals surface area contributed by atoms with E-state index in [0.29, 0.717) is 0 Å². The van der Waals surface area contributed by atoms with Crippen molar-refractivity contribution in [2.24, 2.45) is 0 Å². The molecule has 1 amide bonds. The van der Waals surface area contributed by atoms with Crippen molar-refractivity contribution in [3.8, 4) is 0 Å². The van der Waals surface area contributed by atoms with Gasteiger partial charge in [0.1, 0.15) is 5.60 Å². The minimum absolute atomic E-state index is 0.00681. The molecule has 1 aromatic rings. The van der Waals surface area contributed by atoms with E-state index < -0.39 is 39.1 Å². The van der Waals surface area contributed by atoms with Crippen molar-refractivity contribution in [3.05, 3.63) is 29.3 Å². The van der Waals surface area contributed by atoms with Gasteiger partial charge in [0, 0.05) is 13.2 Å². The summed E-state index contributed by atoms with van der Waals surface area (Å²) >= 11 is 6.06. The lowest BCUT2D eigenvalue weighted by atomic mass is 10.2. The van der Waals surface area contributed by atoms with Crippen LogP contribution in [0.5, 0.6) is 0 Å². The average molecular weight is 420 g/mol. The Bertz CT molecular complexity index is 776. The minimum atomic E-state index is -3.81. The van der Waals surface area contributed by atoms with E-state index in [9.17, 15) is 18.3 Å². The molecule has 1 aliphatic rings. The van der Waals surface area contributed by atoms with Crippen LogP contribution in [0.25, 0.3) is 0 Å². The number of amides is 1. The van der Waals surface area contributed by atoms with Crippen molar-refractivity contribution in [1.29, 1.82) is 0 Å². The van der Waals surface area contributed by atoms with Crippen molar-refractivity contribution in [1.82, 2.24) is 4.90 Å². The van der Waals surface area contributed by atoms with Gasteiger partial charge in [0.15, 0.2) is 16.1 Å². The fourth-order valence-electron chi connectivity index (χ4n) is 2.99. The Morgan fingerprint density at radius 1 is 1.37 bits per heavy atom. The normalized spacial score (nSPS) is 21.9. The molecule has 2 rings (SSSR count). The quantitative estimate of drug-likeness (QED) is 0.737. The molecular weight excluding hydrogens is 394 g/mol. The summed E-state index contributed by atoms with van der Waals surface area (Å²) in [5.74, 6) is 0. The third-order valence-corrected chi connectivity index (χ3v) is 6.81. The Morgan fingerprint density at radius 2 is 2.00 bits per heavy atom. The number of benzene rings is 1. The standard InChI is InChI=1S/C18H26ClNO6S/c1-5-25-16(21)14-10-12(11-20(14)17(22)26-18(2,3)4)27(23,24)15-9-7-6-8-13(15)19/h6-9,12,14,16,21H,5,10-11H2,1-4H3/t12-,14+,16?/m0/s1. The second-order valence-corrected chi connectivity index (χ2v) is 9.98. The Morgan fingerprint density at radius 3 is 2.56 bits per heavy atom. The molecule has 1 aliphatic heterocycles. The number of likely N-dealkylation sites (tertiary alicyclic amines) is 1. The van der Waals surface area contributed by atoms with Crippen molar-refractivity contribution >= 4 is 27.5 Å². The van der Waals surface area contributed by atoms with E-state index in [1.807, 2.05) is 0 Å². The van der Waals surface area contributed by atoms with Gasteiger partial charge in [-0.05, 0) is 46.2 Å². The zero-order chi connectivity index (χ0) is 20.4. The van der Waals surface area contributed by atoms with E-state index in [1.165, 1.54) is 17.0 Å². The third kappa shape index (κ3) is 5.13. The maximum absolute atomic E-state index is 13.0. The molecule has 1 heterocycles. The van der Waals surface area contributed by atoms with Crippen LogP contribution in [0.4, 0.5) is 4.79 Å². The molecule has 1 unspecified atom stereocenters. The maximum atomic E-state index is 13.0. The van der Waals surface area contributed by atoms with Crippen LogP contribution < -0.4 is 0 Å². The first kappa shape index (κ1) is 21.9. The molecule has 1 aromatic carbocycles. The largest absolute Gasteiger partial charge is 0.444 e. The molecule has 9 heteroatoms. The molecule has 0 aliphatic carbocycles. The summed E-state index contributed by atoms with van der Waals surface area (Å²) in [6, 6.07) is 5.34. The molecule has 27 heavy (non-hydrogen) atoms. The lowest BCUT2D eigenvalue weighted by Crippen LogP contribution is -2.46. The van der Waals surface area contributed by atoms with Crippen LogP contribution in [0.2, 0.25) is 5.02 Å². The lowest BCUT2D eigenvalue weighted by Gasteiger charge is -2.30. The minimum Gasteiger partial charge on any atom is -0.444 e. The monoisotopic (exact) mass is 419 g/mol. The summed E-state index contributed by atoms with van der Waals surface area (Å²) < 4.78 is 36.7. The third-order valence-electron chi connectivity index (χ3n) is 4.18. The second kappa shape index (κ2) is 8.34. The number of aliphatic hydroxyl groups is 1. The molecule has 0 spiro atoms. The number of hydrogen-bond donors (Lipinski definition) is 1. The Labute approximate surface area is 165 Å². The molecule has 7 nitrogen and oxygen atoms in total. The van der Waals surface area contributed by atoms with E-state index in [2.05, 4.69) is 0 Å². The molecule has 1 saturated heterocycles. The van der Waals surface area contributed by atoms with Crippen LogP contribution in [0, 0.1) is 0 Å². The number of carbonyl (C=O) groups excluding carboxylic acids is 1.